The highest BCUT2D eigenvalue weighted by Gasteiger charge is 2.17. The molecule has 2 N–H and O–H groups in total. The number of aliphatic imine (C=N–C) groups is 1. The van der Waals surface area contributed by atoms with Gasteiger partial charge in [-0.2, -0.15) is 8.78 Å². The molecule has 1 aliphatic heterocycles. The van der Waals surface area contributed by atoms with E-state index in [0.717, 1.165) is 19.3 Å². The highest BCUT2D eigenvalue weighted by atomic mass is 32.2. The maximum Gasteiger partial charge on any atom is 0.387 e. The average molecular weight is 464 g/mol. The zero-order valence-corrected chi connectivity index (χ0v) is 17.9. The van der Waals surface area contributed by atoms with Gasteiger partial charge in [0, 0.05) is 30.3 Å². The SMILES string of the molecule is O=C(/C=C/c1ccccc1OC(F)F)Nc1ccc(S(=O)(=O)NC2=NCCCCC2)cc1. The van der Waals surface area contributed by atoms with Crippen LogP contribution in [-0.4, -0.2) is 33.3 Å². The molecule has 3 rings (SSSR count). The molecule has 0 atom stereocenters. The molecule has 0 aromatic heterocycles. The summed E-state index contributed by atoms with van der Waals surface area (Å²) in [4.78, 5) is 16.5. The van der Waals surface area contributed by atoms with Crippen LogP contribution in [0.15, 0.2) is 64.5 Å². The number of ether oxygens (including phenoxy) is 1. The summed E-state index contributed by atoms with van der Waals surface area (Å²) < 4.78 is 57.0. The number of nitrogens with zero attached hydrogens (tertiary/aromatic N) is 1. The van der Waals surface area contributed by atoms with E-state index in [1.807, 2.05) is 0 Å². The molecule has 0 bridgehead atoms. The third kappa shape index (κ3) is 6.88. The molecular formula is C22H23F2N3O4S. The number of nitrogens with one attached hydrogen (secondary N) is 2. The molecular weight excluding hydrogens is 440 g/mol. The van der Waals surface area contributed by atoms with Crippen LogP contribution in [0, 0.1) is 0 Å². The maximum absolute atomic E-state index is 12.6. The number of hydrogen-bond donors (Lipinski definition) is 2. The van der Waals surface area contributed by atoms with Crippen LogP contribution in [0.3, 0.4) is 0 Å². The van der Waals surface area contributed by atoms with Crippen LogP contribution in [0.25, 0.3) is 6.08 Å². The Balaban J connectivity index is 1.62. The number of rotatable bonds is 7. The number of carbonyl (C=O) groups excluding carboxylic acids is 1. The number of hydrogen-bond acceptors (Lipinski definition) is 5. The molecule has 0 spiro atoms. The Labute approximate surface area is 185 Å². The van der Waals surface area contributed by atoms with Crippen LogP contribution < -0.4 is 14.8 Å². The number of benzene rings is 2. The second-order valence-electron chi connectivity index (χ2n) is 7.01. The van der Waals surface area contributed by atoms with Crippen molar-refractivity contribution in [3.63, 3.8) is 0 Å². The van der Waals surface area contributed by atoms with Gasteiger partial charge < -0.3 is 10.1 Å². The lowest BCUT2D eigenvalue weighted by Crippen LogP contribution is -2.30. The summed E-state index contributed by atoms with van der Waals surface area (Å²) in [5.41, 5.74) is 0.694. The van der Waals surface area contributed by atoms with E-state index in [-0.39, 0.29) is 10.6 Å². The van der Waals surface area contributed by atoms with Gasteiger partial charge in [0.15, 0.2) is 0 Å². The lowest BCUT2D eigenvalue weighted by Gasteiger charge is -2.10. The van der Waals surface area contributed by atoms with Crippen LogP contribution in [0.2, 0.25) is 0 Å². The lowest BCUT2D eigenvalue weighted by atomic mass is 10.2. The fourth-order valence-electron chi connectivity index (χ4n) is 3.06. The monoisotopic (exact) mass is 463 g/mol. The Morgan fingerprint density at radius 3 is 2.56 bits per heavy atom. The number of carbonyl (C=O) groups is 1. The molecule has 10 heteroatoms. The van der Waals surface area contributed by atoms with Gasteiger partial charge in [-0.05, 0) is 49.2 Å². The van der Waals surface area contributed by atoms with Gasteiger partial charge in [0.2, 0.25) is 5.91 Å². The minimum Gasteiger partial charge on any atom is -0.434 e. The number of amidine groups is 1. The topological polar surface area (TPSA) is 96.9 Å². The summed E-state index contributed by atoms with van der Waals surface area (Å²) >= 11 is 0. The first-order chi connectivity index (χ1) is 15.3. The van der Waals surface area contributed by atoms with Gasteiger partial charge in [-0.1, -0.05) is 24.6 Å². The van der Waals surface area contributed by atoms with Crippen molar-refractivity contribution in [3.8, 4) is 5.75 Å². The molecule has 1 amide bonds. The van der Waals surface area contributed by atoms with E-state index >= 15 is 0 Å². The molecule has 2 aromatic carbocycles. The van der Waals surface area contributed by atoms with Crippen LogP contribution in [0.5, 0.6) is 5.75 Å². The zero-order chi connectivity index (χ0) is 23.0. The number of amides is 1. The Morgan fingerprint density at radius 2 is 1.81 bits per heavy atom. The second kappa shape index (κ2) is 10.9. The summed E-state index contributed by atoms with van der Waals surface area (Å²) in [7, 11) is -3.76. The molecule has 1 heterocycles. The summed E-state index contributed by atoms with van der Waals surface area (Å²) in [6, 6.07) is 11.8. The minimum absolute atomic E-state index is 0.0492. The van der Waals surface area contributed by atoms with Crippen LogP contribution in [-0.2, 0) is 14.8 Å². The molecule has 1 aliphatic rings. The normalized spacial score (nSPS) is 14.7. The summed E-state index contributed by atoms with van der Waals surface area (Å²) in [5, 5.41) is 2.59. The third-order valence-electron chi connectivity index (χ3n) is 4.61. The van der Waals surface area contributed by atoms with Gasteiger partial charge in [-0.25, -0.2) is 8.42 Å². The predicted octanol–water partition coefficient (Wildman–Crippen LogP) is 4.19. The first-order valence-corrected chi connectivity index (χ1v) is 11.5. The van der Waals surface area contributed by atoms with E-state index in [4.69, 9.17) is 0 Å². The summed E-state index contributed by atoms with van der Waals surface area (Å²) in [5.74, 6) is -0.105. The number of anilines is 1. The zero-order valence-electron chi connectivity index (χ0n) is 17.1. The number of alkyl halides is 2. The molecule has 0 saturated heterocycles. The number of para-hydroxylation sites is 1. The molecule has 32 heavy (non-hydrogen) atoms. The molecule has 0 aliphatic carbocycles. The van der Waals surface area contributed by atoms with Crippen LogP contribution in [0.1, 0.15) is 31.2 Å². The van der Waals surface area contributed by atoms with Crippen molar-refractivity contribution in [2.45, 2.75) is 37.2 Å². The van der Waals surface area contributed by atoms with Crippen molar-refractivity contribution in [1.29, 1.82) is 0 Å². The van der Waals surface area contributed by atoms with E-state index in [2.05, 4.69) is 19.8 Å². The fraction of sp³-hybridized carbons (Fsp3) is 0.273. The van der Waals surface area contributed by atoms with Crippen LogP contribution in [0.4, 0.5) is 14.5 Å². The Bertz CT molecular complexity index is 1100. The number of halogens is 2. The van der Waals surface area contributed by atoms with Crippen molar-refractivity contribution >= 4 is 33.5 Å². The number of sulfonamides is 1. The highest BCUT2D eigenvalue weighted by molar-refractivity contribution is 7.90. The standard InChI is InChI=1S/C22H23F2N3O4S/c23-22(24)31-19-7-4-3-6-16(19)9-14-21(28)26-17-10-12-18(13-11-17)32(29,30)27-20-8-2-1-5-15-25-20/h3-4,6-7,9-14,22H,1-2,5,8,15H2,(H,25,27)(H,26,28)/b14-9+. The lowest BCUT2D eigenvalue weighted by molar-refractivity contribution is -0.111. The first-order valence-electron chi connectivity index (χ1n) is 10.0. The first kappa shape index (κ1) is 23.4. The predicted molar refractivity (Wildman–Crippen MR) is 118 cm³/mol. The minimum atomic E-state index is -3.76. The Hall–Kier alpha value is -3.27. The van der Waals surface area contributed by atoms with Gasteiger partial charge in [0.1, 0.15) is 11.6 Å². The highest BCUT2D eigenvalue weighted by Crippen LogP contribution is 2.22. The van der Waals surface area contributed by atoms with Crippen molar-refractivity contribution in [1.82, 2.24) is 4.72 Å². The van der Waals surface area contributed by atoms with E-state index < -0.39 is 22.5 Å². The largest absolute Gasteiger partial charge is 0.434 e. The second-order valence-corrected chi connectivity index (χ2v) is 8.69. The summed E-state index contributed by atoms with van der Waals surface area (Å²) in [6.07, 6.45) is 5.96. The third-order valence-corrected chi connectivity index (χ3v) is 6.01. The van der Waals surface area contributed by atoms with Gasteiger partial charge >= 0.3 is 6.61 Å². The quantitative estimate of drug-likeness (QED) is 0.602. The molecule has 7 nitrogen and oxygen atoms in total. The molecule has 2 aromatic rings. The maximum atomic E-state index is 12.6. The van der Waals surface area contributed by atoms with Crippen LogP contribution >= 0.6 is 0 Å². The smallest absolute Gasteiger partial charge is 0.387 e. The van der Waals surface area contributed by atoms with Gasteiger partial charge in [0.05, 0.1) is 4.90 Å². The van der Waals surface area contributed by atoms with E-state index in [0.29, 0.717) is 30.1 Å². The van der Waals surface area contributed by atoms with E-state index in [9.17, 15) is 22.0 Å². The summed E-state index contributed by atoms with van der Waals surface area (Å²) in [6.45, 7) is -2.37. The molecule has 170 valence electrons. The van der Waals surface area contributed by atoms with E-state index in [1.165, 1.54) is 48.6 Å². The Morgan fingerprint density at radius 1 is 1.06 bits per heavy atom. The van der Waals surface area contributed by atoms with Gasteiger partial charge in [0.25, 0.3) is 10.0 Å². The van der Waals surface area contributed by atoms with E-state index in [1.54, 1.807) is 12.1 Å². The van der Waals surface area contributed by atoms with Crippen molar-refractivity contribution in [3.05, 3.63) is 60.2 Å². The Kier molecular flexibility index (Phi) is 7.93. The molecule has 0 radical (unpaired) electrons. The van der Waals surface area contributed by atoms with Gasteiger partial charge in [-0.15, -0.1) is 0 Å². The van der Waals surface area contributed by atoms with Crippen molar-refractivity contribution in [2.24, 2.45) is 4.99 Å². The molecule has 0 saturated carbocycles. The van der Waals surface area contributed by atoms with Crippen molar-refractivity contribution in [2.75, 3.05) is 11.9 Å². The molecule has 0 fully saturated rings. The molecule has 0 unspecified atom stereocenters. The van der Waals surface area contributed by atoms with Crippen molar-refractivity contribution < 1.29 is 26.7 Å². The van der Waals surface area contributed by atoms with Gasteiger partial charge in [-0.3, -0.25) is 14.5 Å². The average Bonchev–Trinajstić information content (AvgIpc) is 3.01. The fourth-order valence-corrected chi connectivity index (χ4v) is 4.15.